The number of carbonyl (C=O) groups excluding carboxylic acids is 2. The molecule has 0 unspecified atom stereocenters. The second-order valence-corrected chi connectivity index (χ2v) is 6.96. The van der Waals surface area contributed by atoms with E-state index >= 15 is 0 Å². The number of nitrogens with two attached hydrogens (primary N) is 1. The Morgan fingerprint density at radius 1 is 1.27 bits per heavy atom. The molecule has 7 nitrogen and oxygen atoms in total. The molecule has 0 bridgehead atoms. The van der Waals surface area contributed by atoms with Gasteiger partial charge in [0.05, 0.1) is 17.7 Å². The van der Waals surface area contributed by atoms with E-state index in [1.165, 1.54) is 17.5 Å². The Balaban J connectivity index is 1.63. The largest absolute Gasteiger partial charge is 0.439 e. The number of hydrogen-bond acceptors (Lipinski definition) is 6. The first-order valence-corrected chi connectivity index (χ1v) is 9.10. The predicted octanol–water partition coefficient (Wildman–Crippen LogP) is 3.37. The number of aromatic nitrogens is 2. The molecule has 3 N–H and O–H groups in total. The van der Waals surface area contributed by atoms with E-state index in [1.54, 1.807) is 23.6 Å². The highest BCUT2D eigenvalue weighted by Gasteiger charge is 2.11. The summed E-state index contributed by atoms with van der Waals surface area (Å²) in [5.74, 6) is 0.177. The highest BCUT2D eigenvalue weighted by Crippen LogP contribution is 2.23. The third-order valence-corrected chi connectivity index (χ3v) is 4.44. The summed E-state index contributed by atoms with van der Waals surface area (Å²) in [4.78, 5) is 31.4. The second-order valence-electron chi connectivity index (χ2n) is 5.19. The first-order chi connectivity index (χ1) is 12.5. The molecule has 2 heterocycles. The number of carbonyl (C=O) groups is 2. The SMILES string of the molecule is NC(=O)Cc1csc(NC(=O)c2ccc(Oc3cccc(Br)c3)nc2)n1. The van der Waals surface area contributed by atoms with Crippen LogP contribution >= 0.6 is 27.3 Å². The van der Waals surface area contributed by atoms with Crippen molar-refractivity contribution in [2.24, 2.45) is 5.73 Å². The van der Waals surface area contributed by atoms with Crippen LogP contribution in [0.25, 0.3) is 0 Å². The molecule has 0 aliphatic heterocycles. The highest BCUT2D eigenvalue weighted by atomic mass is 79.9. The Morgan fingerprint density at radius 2 is 2.12 bits per heavy atom. The van der Waals surface area contributed by atoms with Crippen LogP contribution in [0.15, 0.2) is 52.4 Å². The number of anilines is 1. The topological polar surface area (TPSA) is 107 Å². The maximum atomic E-state index is 12.2. The van der Waals surface area contributed by atoms with Crippen molar-refractivity contribution in [1.82, 2.24) is 9.97 Å². The zero-order valence-corrected chi connectivity index (χ0v) is 15.7. The number of ether oxygens (including phenoxy) is 1. The van der Waals surface area contributed by atoms with E-state index in [2.05, 4.69) is 31.2 Å². The monoisotopic (exact) mass is 432 g/mol. The minimum Gasteiger partial charge on any atom is -0.439 e. The first-order valence-electron chi connectivity index (χ1n) is 7.43. The van der Waals surface area contributed by atoms with Crippen molar-refractivity contribution in [3.8, 4) is 11.6 Å². The number of halogens is 1. The van der Waals surface area contributed by atoms with E-state index in [1.807, 2.05) is 18.2 Å². The van der Waals surface area contributed by atoms with Crippen molar-refractivity contribution in [1.29, 1.82) is 0 Å². The van der Waals surface area contributed by atoms with Crippen molar-refractivity contribution in [3.63, 3.8) is 0 Å². The molecule has 0 saturated carbocycles. The average Bonchev–Trinajstić information content (AvgIpc) is 3.01. The quantitative estimate of drug-likeness (QED) is 0.620. The van der Waals surface area contributed by atoms with Crippen molar-refractivity contribution in [3.05, 3.63) is 63.7 Å². The van der Waals surface area contributed by atoms with Crippen LogP contribution in [-0.2, 0) is 11.2 Å². The molecular weight excluding hydrogens is 420 g/mol. The summed E-state index contributed by atoms with van der Waals surface area (Å²) in [5.41, 5.74) is 6.00. The third kappa shape index (κ3) is 4.87. The maximum absolute atomic E-state index is 12.2. The standard InChI is InChI=1S/C17H13BrN4O3S/c18-11-2-1-3-13(6-11)25-15-5-4-10(8-20-15)16(24)22-17-21-12(9-26-17)7-14(19)23/h1-6,8-9H,7H2,(H2,19,23)(H,21,22,24). The molecule has 0 radical (unpaired) electrons. The predicted molar refractivity (Wildman–Crippen MR) is 101 cm³/mol. The number of primary amides is 1. The first kappa shape index (κ1) is 18.0. The van der Waals surface area contributed by atoms with Gasteiger partial charge in [0.15, 0.2) is 5.13 Å². The van der Waals surface area contributed by atoms with E-state index < -0.39 is 5.91 Å². The van der Waals surface area contributed by atoms with Gasteiger partial charge in [0.25, 0.3) is 5.91 Å². The molecule has 3 rings (SSSR count). The molecule has 3 aromatic rings. The van der Waals surface area contributed by atoms with Crippen molar-refractivity contribution >= 4 is 44.2 Å². The van der Waals surface area contributed by atoms with Gasteiger partial charge in [-0.25, -0.2) is 9.97 Å². The molecule has 2 aromatic heterocycles. The summed E-state index contributed by atoms with van der Waals surface area (Å²) in [7, 11) is 0. The number of hydrogen-bond donors (Lipinski definition) is 2. The number of pyridine rings is 1. The van der Waals surface area contributed by atoms with Crippen LogP contribution in [0.1, 0.15) is 16.1 Å². The Kier molecular flexibility index (Phi) is 5.59. The van der Waals surface area contributed by atoms with Crippen molar-refractivity contribution in [2.75, 3.05) is 5.32 Å². The van der Waals surface area contributed by atoms with Crippen molar-refractivity contribution < 1.29 is 14.3 Å². The van der Waals surface area contributed by atoms with E-state index in [4.69, 9.17) is 10.5 Å². The molecule has 1 aromatic carbocycles. The fraction of sp³-hybridized carbons (Fsp3) is 0.0588. The number of benzene rings is 1. The maximum Gasteiger partial charge on any atom is 0.259 e. The molecule has 9 heteroatoms. The number of nitrogens with zero attached hydrogens (tertiary/aromatic N) is 2. The van der Waals surface area contributed by atoms with E-state index in [-0.39, 0.29) is 12.3 Å². The van der Waals surface area contributed by atoms with Gasteiger partial charge in [-0.2, -0.15) is 0 Å². The summed E-state index contributed by atoms with van der Waals surface area (Å²) in [5, 5.41) is 4.72. The molecule has 0 fully saturated rings. The van der Waals surface area contributed by atoms with Crippen LogP contribution in [0.4, 0.5) is 5.13 Å². The Bertz CT molecular complexity index is 943. The summed E-state index contributed by atoms with van der Waals surface area (Å²) >= 11 is 4.59. The molecule has 132 valence electrons. The van der Waals surface area contributed by atoms with Crippen LogP contribution in [0.2, 0.25) is 0 Å². The zero-order chi connectivity index (χ0) is 18.5. The van der Waals surface area contributed by atoms with Gasteiger partial charge in [-0.15, -0.1) is 11.3 Å². The fourth-order valence-electron chi connectivity index (χ4n) is 2.02. The average molecular weight is 433 g/mol. The highest BCUT2D eigenvalue weighted by molar-refractivity contribution is 9.10. The minimum atomic E-state index is -0.474. The summed E-state index contributed by atoms with van der Waals surface area (Å²) < 4.78 is 6.52. The van der Waals surface area contributed by atoms with Gasteiger partial charge >= 0.3 is 0 Å². The molecule has 0 spiro atoms. The normalized spacial score (nSPS) is 10.3. The second kappa shape index (κ2) is 8.07. The van der Waals surface area contributed by atoms with Crippen LogP contribution in [0.5, 0.6) is 11.6 Å². The smallest absolute Gasteiger partial charge is 0.259 e. The van der Waals surface area contributed by atoms with E-state index in [9.17, 15) is 9.59 Å². The van der Waals surface area contributed by atoms with E-state index in [0.29, 0.717) is 28.0 Å². The fourth-order valence-corrected chi connectivity index (χ4v) is 3.10. The van der Waals surface area contributed by atoms with Gasteiger partial charge < -0.3 is 10.5 Å². The minimum absolute atomic E-state index is 0.0373. The number of amides is 2. The van der Waals surface area contributed by atoms with Crippen molar-refractivity contribution in [2.45, 2.75) is 6.42 Å². The lowest BCUT2D eigenvalue weighted by Crippen LogP contribution is -2.14. The Hall–Kier alpha value is -2.78. The van der Waals surface area contributed by atoms with Gasteiger partial charge in [-0.05, 0) is 24.3 Å². The molecular formula is C17H13BrN4O3S. The summed E-state index contributed by atoms with van der Waals surface area (Å²) in [6, 6.07) is 10.6. The van der Waals surface area contributed by atoms with Crippen LogP contribution < -0.4 is 15.8 Å². The number of rotatable bonds is 6. The summed E-state index contributed by atoms with van der Waals surface area (Å²) in [6.07, 6.45) is 1.45. The lowest BCUT2D eigenvalue weighted by Gasteiger charge is -2.06. The number of nitrogens with one attached hydrogen (secondary N) is 1. The van der Waals surface area contributed by atoms with Gasteiger partial charge in [-0.3, -0.25) is 14.9 Å². The zero-order valence-electron chi connectivity index (χ0n) is 13.3. The van der Waals surface area contributed by atoms with E-state index in [0.717, 1.165) is 4.47 Å². The molecule has 0 aliphatic rings. The molecule has 26 heavy (non-hydrogen) atoms. The van der Waals surface area contributed by atoms with Crippen LogP contribution in [0, 0.1) is 0 Å². The lowest BCUT2D eigenvalue weighted by atomic mass is 10.2. The Labute approximate surface area is 161 Å². The third-order valence-electron chi connectivity index (χ3n) is 3.14. The van der Waals surface area contributed by atoms with Crippen LogP contribution in [0.3, 0.4) is 0 Å². The lowest BCUT2D eigenvalue weighted by molar-refractivity contribution is -0.117. The van der Waals surface area contributed by atoms with Gasteiger partial charge in [0.2, 0.25) is 11.8 Å². The molecule has 0 saturated heterocycles. The van der Waals surface area contributed by atoms with Gasteiger partial charge in [0, 0.05) is 22.1 Å². The van der Waals surface area contributed by atoms with Gasteiger partial charge in [0.1, 0.15) is 5.75 Å². The molecule has 2 amide bonds. The van der Waals surface area contributed by atoms with Crippen LogP contribution in [-0.4, -0.2) is 21.8 Å². The summed E-state index contributed by atoms with van der Waals surface area (Å²) in [6.45, 7) is 0. The molecule has 0 aliphatic carbocycles. The molecule has 0 atom stereocenters. The Morgan fingerprint density at radius 3 is 2.81 bits per heavy atom. The van der Waals surface area contributed by atoms with Gasteiger partial charge in [-0.1, -0.05) is 22.0 Å². The number of thiazole rings is 1.